The Hall–Kier alpha value is -2.98. The van der Waals surface area contributed by atoms with Gasteiger partial charge in [0.2, 0.25) is 5.91 Å². The molecule has 1 amide bonds. The lowest BCUT2D eigenvalue weighted by atomic mass is 10.3. The van der Waals surface area contributed by atoms with Gasteiger partial charge in [-0.25, -0.2) is 8.42 Å². The lowest BCUT2D eigenvalue weighted by molar-refractivity contribution is -0.116. The summed E-state index contributed by atoms with van der Waals surface area (Å²) in [6.07, 6.45) is 2.05. The molecule has 9 nitrogen and oxygen atoms in total. The summed E-state index contributed by atoms with van der Waals surface area (Å²) in [5.41, 5.74) is 1.38. The van der Waals surface area contributed by atoms with E-state index in [0.717, 1.165) is 5.69 Å². The van der Waals surface area contributed by atoms with Crippen molar-refractivity contribution in [2.45, 2.75) is 24.8 Å². The molecule has 2 N–H and O–H groups in total. The second-order valence-corrected chi connectivity index (χ2v) is 7.96. The fourth-order valence-corrected chi connectivity index (χ4v) is 3.41. The highest BCUT2D eigenvalue weighted by Gasteiger charge is 2.15. The largest absolute Gasteiger partial charge is 0.326 e. The molecule has 2 heterocycles. The van der Waals surface area contributed by atoms with E-state index in [0.29, 0.717) is 12.2 Å². The minimum Gasteiger partial charge on any atom is -0.326 e. The maximum absolute atomic E-state index is 12.4. The van der Waals surface area contributed by atoms with Gasteiger partial charge < -0.3 is 5.32 Å². The van der Waals surface area contributed by atoms with Crippen LogP contribution in [-0.2, 0) is 21.4 Å². The number of hydrogen-bond donors (Lipinski definition) is 2. The molecular weight excluding hydrogens is 404 g/mol. The molecule has 0 radical (unpaired) electrons. The molecule has 0 atom stereocenters. The monoisotopic (exact) mass is 420 g/mol. The molecule has 0 spiro atoms. The van der Waals surface area contributed by atoms with E-state index in [1.54, 1.807) is 10.9 Å². The van der Waals surface area contributed by atoms with Gasteiger partial charge in [0.25, 0.3) is 10.0 Å². The summed E-state index contributed by atoms with van der Waals surface area (Å²) in [4.78, 5) is 12.1. The number of amides is 1. The second kappa shape index (κ2) is 8.36. The Morgan fingerprint density at radius 2 is 1.86 bits per heavy atom. The number of hydrogen-bond acceptors (Lipinski definition) is 6. The molecule has 0 aliphatic rings. The zero-order valence-electron chi connectivity index (χ0n) is 14.8. The predicted octanol–water partition coefficient (Wildman–Crippen LogP) is 2.46. The van der Waals surface area contributed by atoms with Gasteiger partial charge in [0.1, 0.15) is 0 Å². The van der Waals surface area contributed by atoms with Crippen LogP contribution >= 0.6 is 11.6 Å². The Kier molecular flexibility index (Phi) is 5.90. The molecule has 0 aliphatic heterocycles. The normalized spacial score (nSPS) is 11.2. The van der Waals surface area contributed by atoms with Crippen molar-refractivity contribution in [3.8, 4) is 0 Å². The van der Waals surface area contributed by atoms with Crippen LogP contribution in [0.5, 0.6) is 0 Å². The average Bonchev–Trinajstić information content (AvgIpc) is 3.08. The summed E-state index contributed by atoms with van der Waals surface area (Å²) < 4.78 is 28.7. The number of aryl methyl sites for hydroxylation is 2. The van der Waals surface area contributed by atoms with Crippen molar-refractivity contribution in [3.63, 3.8) is 0 Å². The number of nitrogens with zero attached hydrogens (tertiary/aromatic N) is 4. The van der Waals surface area contributed by atoms with Crippen LogP contribution in [0.15, 0.2) is 53.6 Å². The van der Waals surface area contributed by atoms with Crippen LogP contribution in [0, 0.1) is 6.92 Å². The Morgan fingerprint density at radius 1 is 1.11 bits per heavy atom. The van der Waals surface area contributed by atoms with E-state index in [9.17, 15) is 13.2 Å². The maximum Gasteiger partial charge on any atom is 0.263 e. The third-order valence-corrected chi connectivity index (χ3v) is 5.23. The van der Waals surface area contributed by atoms with E-state index >= 15 is 0 Å². The van der Waals surface area contributed by atoms with Gasteiger partial charge in [0.15, 0.2) is 11.0 Å². The number of aromatic nitrogens is 4. The van der Waals surface area contributed by atoms with Crippen molar-refractivity contribution in [2.24, 2.45) is 0 Å². The topological polar surface area (TPSA) is 119 Å². The van der Waals surface area contributed by atoms with Crippen LogP contribution in [0.4, 0.5) is 11.5 Å². The van der Waals surface area contributed by atoms with Crippen molar-refractivity contribution < 1.29 is 13.2 Å². The molecule has 0 saturated heterocycles. The first-order chi connectivity index (χ1) is 13.3. The number of carbonyl (C=O) groups excluding carboxylic acids is 1. The summed E-state index contributed by atoms with van der Waals surface area (Å²) in [6, 6.07) is 10.5. The summed E-state index contributed by atoms with van der Waals surface area (Å²) >= 11 is 5.63. The first-order valence-corrected chi connectivity index (χ1v) is 10.1. The Bertz CT molecular complexity index is 1070. The van der Waals surface area contributed by atoms with Crippen molar-refractivity contribution in [3.05, 3.63) is 59.5 Å². The van der Waals surface area contributed by atoms with E-state index in [-0.39, 0.29) is 28.2 Å². The molecule has 11 heteroatoms. The fourth-order valence-electron chi connectivity index (χ4n) is 2.31. The molecule has 0 aliphatic carbocycles. The number of halogens is 1. The highest BCUT2D eigenvalue weighted by Crippen LogP contribution is 2.17. The molecule has 28 heavy (non-hydrogen) atoms. The first-order valence-electron chi connectivity index (χ1n) is 8.24. The van der Waals surface area contributed by atoms with Crippen LogP contribution in [0.25, 0.3) is 0 Å². The predicted molar refractivity (Wildman–Crippen MR) is 105 cm³/mol. The van der Waals surface area contributed by atoms with Gasteiger partial charge in [-0.3, -0.25) is 14.2 Å². The average molecular weight is 421 g/mol. The lowest BCUT2D eigenvalue weighted by Crippen LogP contribution is -2.16. The van der Waals surface area contributed by atoms with E-state index < -0.39 is 10.0 Å². The minimum absolute atomic E-state index is 0.0225. The van der Waals surface area contributed by atoms with Crippen LogP contribution in [0.1, 0.15) is 12.1 Å². The summed E-state index contributed by atoms with van der Waals surface area (Å²) in [5, 5.41) is 14.3. The molecule has 0 unspecified atom stereocenters. The van der Waals surface area contributed by atoms with Gasteiger partial charge >= 0.3 is 0 Å². The number of benzene rings is 1. The van der Waals surface area contributed by atoms with Crippen LogP contribution in [-0.4, -0.2) is 34.3 Å². The van der Waals surface area contributed by atoms with E-state index in [1.165, 1.54) is 36.4 Å². The zero-order chi connectivity index (χ0) is 20.1. The van der Waals surface area contributed by atoms with E-state index in [1.807, 2.05) is 13.0 Å². The third kappa shape index (κ3) is 5.27. The van der Waals surface area contributed by atoms with Gasteiger partial charge in [0, 0.05) is 24.8 Å². The minimum atomic E-state index is -3.84. The van der Waals surface area contributed by atoms with Crippen LogP contribution in [0.3, 0.4) is 0 Å². The van der Waals surface area contributed by atoms with Gasteiger partial charge in [-0.1, -0.05) is 11.6 Å². The van der Waals surface area contributed by atoms with Crippen LogP contribution in [0.2, 0.25) is 5.15 Å². The lowest BCUT2D eigenvalue weighted by Gasteiger charge is -2.09. The van der Waals surface area contributed by atoms with Crippen molar-refractivity contribution in [2.75, 3.05) is 10.0 Å². The molecule has 0 bridgehead atoms. The molecule has 2 aromatic heterocycles. The molecule has 3 aromatic rings. The number of nitrogens with one attached hydrogen (secondary N) is 2. The van der Waals surface area contributed by atoms with Gasteiger partial charge in [-0.2, -0.15) is 5.10 Å². The third-order valence-electron chi connectivity index (χ3n) is 3.66. The zero-order valence-corrected chi connectivity index (χ0v) is 16.4. The van der Waals surface area contributed by atoms with E-state index in [4.69, 9.17) is 11.6 Å². The van der Waals surface area contributed by atoms with Crippen molar-refractivity contribution in [1.29, 1.82) is 0 Å². The Morgan fingerprint density at radius 3 is 2.46 bits per heavy atom. The summed E-state index contributed by atoms with van der Waals surface area (Å²) in [5.74, 6) is -0.144. The number of anilines is 2. The van der Waals surface area contributed by atoms with Gasteiger partial charge in [-0.05, 0) is 49.4 Å². The SMILES string of the molecule is Cc1ccn(CCC(=O)Nc2ccc(S(=O)(=O)Nc3ccc(Cl)nn3)cc2)n1. The number of sulfonamides is 1. The second-order valence-electron chi connectivity index (χ2n) is 5.89. The highest BCUT2D eigenvalue weighted by atomic mass is 35.5. The summed E-state index contributed by atoms with van der Waals surface area (Å²) in [7, 11) is -3.84. The van der Waals surface area contributed by atoms with Crippen molar-refractivity contribution in [1.82, 2.24) is 20.0 Å². The molecule has 146 valence electrons. The Labute approximate surface area is 166 Å². The van der Waals surface area contributed by atoms with E-state index in [2.05, 4.69) is 25.3 Å². The van der Waals surface area contributed by atoms with Crippen molar-refractivity contribution >= 4 is 39.0 Å². The maximum atomic E-state index is 12.4. The smallest absolute Gasteiger partial charge is 0.263 e. The summed E-state index contributed by atoms with van der Waals surface area (Å²) in [6.45, 7) is 2.33. The fraction of sp³-hybridized carbons (Fsp3) is 0.176. The molecule has 0 fully saturated rings. The van der Waals surface area contributed by atoms with Crippen LogP contribution < -0.4 is 10.0 Å². The Balaban J connectivity index is 1.59. The van der Waals surface area contributed by atoms with Gasteiger partial charge in [-0.15, -0.1) is 10.2 Å². The molecule has 3 rings (SSSR count). The molecule has 0 saturated carbocycles. The standard InChI is InChI=1S/C17H17ClN6O3S/c1-12-8-10-24(22-12)11-9-17(25)19-13-2-4-14(5-3-13)28(26,27)23-16-7-6-15(18)20-21-16/h2-8,10H,9,11H2,1H3,(H,19,25)(H,21,23). The first kappa shape index (κ1) is 19.8. The highest BCUT2D eigenvalue weighted by molar-refractivity contribution is 7.92. The number of carbonyl (C=O) groups is 1. The van der Waals surface area contributed by atoms with Gasteiger partial charge in [0.05, 0.1) is 10.6 Å². The number of rotatable bonds is 7. The molecule has 1 aromatic carbocycles. The quantitative estimate of drug-likeness (QED) is 0.606. The molecular formula is C17H17ClN6O3S.